The Morgan fingerprint density at radius 2 is 1.88 bits per heavy atom. The number of nitrogens with one attached hydrogen (secondary N) is 1. The van der Waals surface area contributed by atoms with E-state index in [1.54, 1.807) is 0 Å². The van der Waals surface area contributed by atoms with Crippen LogP contribution in [0.5, 0.6) is 0 Å². The highest BCUT2D eigenvalue weighted by atomic mass is 16.1. The second kappa shape index (κ2) is 8.07. The second-order valence-corrected chi connectivity index (χ2v) is 6.41. The van der Waals surface area contributed by atoms with Crippen molar-refractivity contribution in [3.05, 3.63) is 48.3 Å². The van der Waals surface area contributed by atoms with Crippen LogP contribution in [0.15, 0.2) is 42.7 Å². The first-order valence-electron chi connectivity index (χ1n) is 8.78. The number of likely N-dealkylation sites (N-methyl/N-ethyl adjacent to an activating group) is 1. The molecule has 1 N–H and O–H groups in total. The summed E-state index contributed by atoms with van der Waals surface area (Å²) in [4.78, 5) is 25.8. The molecule has 6 heteroatoms. The standard InChI is InChI=1S/C19H25N5O/c1-3-16(15-7-5-4-6-8-15)19(25)22-17-13-18(21-14-20-17)24-11-9-23(2)10-12-24/h4-8,13-14,16H,3,9-12H2,1-2H3,(H,20,21,22,25). The molecular formula is C19H25N5O. The molecule has 2 heterocycles. The number of carbonyl (C=O) groups excluding carboxylic acids is 1. The number of nitrogens with zero attached hydrogens (tertiary/aromatic N) is 4. The van der Waals surface area contributed by atoms with Crippen molar-refractivity contribution < 1.29 is 4.79 Å². The van der Waals surface area contributed by atoms with Crippen molar-refractivity contribution in [3.8, 4) is 0 Å². The molecule has 6 nitrogen and oxygen atoms in total. The van der Waals surface area contributed by atoms with Gasteiger partial charge in [0.05, 0.1) is 5.92 Å². The fourth-order valence-corrected chi connectivity index (χ4v) is 3.10. The van der Waals surface area contributed by atoms with E-state index in [9.17, 15) is 4.79 Å². The molecule has 1 fully saturated rings. The summed E-state index contributed by atoms with van der Waals surface area (Å²) >= 11 is 0. The van der Waals surface area contributed by atoms with Crippen molar-refractivity contribution in [2.75, 3.05) is 43.4 Å². The summed E-state index contributed by atoms with van der Waals surface area (Å²) in [5.41, 5.74) is 1.02. The van der Waals surface area contributed by atoms with Crippen molar-refractivity contribution in [1.82, 2.24) is 14.9 Å². The highest BCUT2D eigenvalue weighted by Gasteiger charge is 2.20. The quantitative estimate of drug-likeness (QED) is 0.906. The summed E-state index contributed by atoms with van der Waals surface area (Å²) in [6, 6.07) is 11.7. The number of aromatic nitrogens is 2. The molecule has 1 aromatic carbocycles. The van der Waals surface area contributed by atoms with Crippen LogP contribution >= 0.6 is 0 Å². The molecule has 0 bridgehead atoms. The van der Waals surface area contributed by atoms with E-state index in [2.05, 4.69) is 32.1 Å². The van der Waals surface area contributed by atoms with Crippen molar-refractivity contribution in [2.24, 2.45) is 0 Å². The second-order valence-electron chi connectivity index (χ2n) is 6.41. The van der Waals surface area contributed by atoms with Gasteiger partial charge in [0.2, 0.25) is 5.91 Å². The molecule has 132 valence electrons. The first kappa shape index (κ1) is 17.4. The van der Waals surface area contributed by atoms with Crippen molar-refractivity contribution in [3.63, 3.8) is 0 Å². The summed E-state index contributed by atoms with van der Waals surface area (Å²) in [7, 11) is 2.12. The van der Waals surface area contributed by atoms with Crippen LogP contribution in [0.25, 0.3) is 0 Å². The van der Waals surface area contributed by atoms with E-state index in [1.165, 1.54) is 6.33 Å². The lowest BCUT2D eigenvalue weighted by Crippen LogP contribution is -2.44. The number of amides is 1. The van der Waals surface area contributed by atoms with Gasteiger partial charge in [0.1, 0.15) is 18.0 Å². The van der Waals surface area contributed by atoms with E-state index in [1.807, 2.05) is 43.3 Å². The molecular weight excluding hydrogens is 314 g/mol. The number of rotatable bonds is 5. The molecule has 0 radical (unpaired) electrons. The Morgan fingerprint density at radius 3 is 2.56 bits per heavy atom. The van der Waals surface area contributed by atoms with Gasteiger partial charge in [-0.25, -0.2) is 9.97 Å². The molecule has 0 saturated carbocycles. The summed E-state index contributed by atoms with van der Waals surface area (Å²) < 4.78 is 0. The van der Waals surface area contributed by atoms with E-state index < -0.39 is 0 Å². The van der Waals surface area contributed by atoms with Gasteiger partial charge in [0.15, 0.2) is 0 Å². The molecule has 3 rings (SSSR count). The average molecular weight is 339 g/mol. The van der Waals surface area contributed by atoms with Crippen molar-refractivity contribution >= 4 is 17.5 Å². The van der Waals surface area contributed by atoms with Gasteiger partial charge in [-0.05, 0) is 19.0 Å². The van der Waals surface area contributed by atoms with Crippen LogP contribution in [0.2, 0.25) is 0 Å². The van der Waals surface area contributed by atoms with Gasteiger partial charge in [0.25, 0.3) is 0 Å². The highest BCUT2D eigenvalue weighted by Crippen LogP contribution is 2.22. The smallest absolute Gasteiger partial charge is 0.233 e. The Hall–Kier alpha value is -2.47. The lowest BCUT2D eigenvalue weighted by atomic mass is 9.96. The first-order valence-corrected chi connectivity index (χ1v) is 8.78. The third-order valence-corrected chi connectivity index (χ3v) is 4.66. The number of carbonyl (C=O) groups is 1. The number of piperazine rings is 1. The minimum absolute atomic E-state index is 0.0308. The highest BCUT2D eigenvalue weighted by molar-refractivity contribution is 5.95. The molecule has 25 heavy (non-hydrogen) atoms. The van der Waals surface area contributed by atoms with Gasteiger partial charge < -0.3 is 15.1 Å². The molecule has 1 saturated heterocycles. The normalized spacial score (nSPS) is 16.5. The van der Waals surface area contributed by atoms with Crippen LogP contribution in [-0.4, -0.2) is 54.0 Å². The SMILES string of the molecule is CCC(C(=O)Nc1cc(N2CCN(C)CC2)ncn1)c1ccccc1. The Kier molecular flexibility index (Phi) is 5.60. The predicted molar refractivity (Wildman–Crippen MR) is 99.8 cm³/mol. The lowest BCUT2D eigenvalue weighted by Gasteiger charge is -2.33. The first-order chi connectivity index (χ1) is 12.2. The summed E-state index contributed by atoms with van der Waals surface area (Å²) in [5, 5.41) is 2.95. The topological polar surface area (TPSA) is 61.4 Å². The number of benzene rings is 1. The lowest BCUT2D eigenvalue weighted by molar-refractivity contribution is -0.117. The van der Waals surface area contributed by atoms with Crippen molar-refractivity contribution in [2.45, 2.75) is 19.3 Å². The van der Waals surface area contributed by atoms with Gasteiger partial charge in [-0.1, -0.05) is 37.3 Å². The van der Waals surface area contributed by atoms with Crippen LogP contribution in [0.3, 0.4) is 0 Å². The molecule has 1 aliphatic rings. The largest absolute Gasteiger partial charge is 0.354 e. The summed E-state index contributed by atoms with van der Waals surface area (Å²) in [6.45, 7) is 5.91. The van der Waals surface area contributed by atoms with E-state index >= 15 is 0 Å². The van der Waals surface area contributed by atoms with Crippen molar-refractivity contribution in [1.29, 1.82) is 0 Å². The Labute approximate surface area is 148 Å². The zero-order chi connectivity index (χ0) is 17.6. The number of anilines is 2. The van der Waals surface area contributed by atoms with Crippen LogP contribution in [0.4, 0.5) is 11.6 Å². The zero-order valence-corrected chi connectivity index (χ0v) is 14.9. The Balaban J connectivity index is 1.70. The summed E-state index contributed by atoms with van der Waals surface area (Å²) in [6.07, 6.45) is 2.26. The Morgan fingerprint density at radius 1 is 1.16 bits per heavy atom. The Bertz CT molecular complexity index is 698. The van der Waals surface area contributed by atoms with E-state index in [4.69, 9.17) is 0 Å². The molecule has 1 amide bonds. The maximum atomic E-state index is 12.7. The number of hydrogen-bond acceptors (Lipinski definition) is 5. The van der Waals surface area contributed by atoms with Gasteiger partial charge in [-0.15, -0.1) is 0 Å². The van der Waals surface area contributed by atoms with Gasteiger partial charge >= 0.3 is 0 Å². The zero-order valence-electron chi connectivity index (χ0n) is 14.9. The third kappa shape index (κ3) is 4.33. The molecule has 1 aromatic heterocycles. The van der Waals surface area contributed by atoms with Crippen LogP contribution in [0, 0.1) is 0 Å². The van der Waals surface area contributed by atoms with Gasteiger partial charge in [0, 0.05) is 32.2 Å². The van der Waals surface area contributed by atoms with Crippen LogP contribution in [-0.2, 0) is 4.79 Å². The predicted octanol–water partition coefficient (Wildman–Crippen LogP) is 2.36. The van der Waals surface area contributed by atoms with Gasteiger partial charge in [-0.2, -0.15) is 0 Å². The molecule has 1 unspecified atom stereocenters. The molecule has 0 spiro atoms. The molecule has 1 aliphatic heterocycles. The minimum atomic E-state index is -0.178. The maximum Gasteiger partial charge on any atom is 0.233 e. The molecule has 0 aliphatic carbocycles. The monoisotopic (exact) mass is 339 g/mol. The minimum Gasteiger partial charge on any atom is -0.354 e. The van der Waals surface area contributed by atoms with Crippen LogP contribution in [0.1, 0.15) is 24.8 Å². The molecule has 2 aromatic rings. The third-order valence-electron chi connectivity index (χ3n) is 4.66. The average Bonchev–Trinajstić information content (AvgIpc) is 2.64. The molecule has 1 atom stereocenters. The van der Waals surface area contributed by atoms with Gasteiger partial charge in [-0.3, -0.25) is 4.79 Å². The van der Waals surface area contributed by atoms with E-state index in [-0.39, 0.29) is 11.8 Å². The fourth-order valence-electron chi connectivity index (χ4n) is 3.10. The van der Waals surface area contributed by atoms with E-state index in [0.29, 0.717) is 5.82 Å². The number of hydrogen-bond donors (Lipinski definition) is 1. The summed E-state index contributed by atoms with van der Waals surface area (Å²) in [5.74, 6) is 1.22. The fraction of sp³-hybridized carbons (Fsp3) is 0.421. The van der Waals surface area contributed by atoms with Crippen LogP contribution < -0.4 is 10.2 Å². The maximum absolute atomic E-state index is 12.7. The van der Waals surface area contributed by atoms with E-state index in [0.717, 1.165) is 44.0 Å².